The van der Waals surface area contributed by atoms with Crippen molar-refractivity contribution >= 4 is 29.0 Å². The molecule has 1 aromatic heterocycles. The Labute approximate surface area is 145 Å². The molecular weight excluding hydrogens is 316 g/mol. The van der Waals surface area contributed by atoms with Crippen LogP contribution in [0.5, 0.6) is 0 Å². The van der Waals surface area contributed by atoms with Crippen LogP contribution in [0.15, 0.2) is 54.9 Å². The maximum absolute atomic E-state index is 10.9. The van der Waals surface area contributed by atoms with E-state index in [0.717, 1.165) is 11.4 Å². The lowest BCUT2D eigenvalue weighted by atomic mass is 10.1. The second-order valence-electron chi connectivity index (χ2n) is 5.67. The number of aromatic nitrogens is 2. The maximum Gasteiger partial charge on any atom is 0.335 e. The summed E-state index contributed by atoms with van der Waals surface area (Å²) in [5.74, 6) is 0.341. The van der Waals surface area contributed by atoms with Crippen LogP contribution in [-0.2, 0) is 0 Å². The number of carboxylic acid groups (broad SMARTS) is 1. The molecular formula is C19H18N4O2. The van der Waals surface area contributed by atoms with Crippen LogP contribution in [0.2, 0.25) is 0 Å². The summed E-state index contributed by atoms with van der Waals surface area (Å²) in [6.07, 6.45) is 1.47. The quantitative estimate of drug-likeness (QED) is 0.645. The number of aryl methyl sites for hydroxylation is 1. The third kappa shape index (κ3) is 3.92. The topological polar surface area (TPSA) is 87.1 Å². The van der Waals surface area contributed by atoms with Gasteiger partial charge in [0.05, 0.1) is 5.56 Å². The molecule has 3 aromatic rings. The highest BCUT2D eigenvalue weighted by atomic mass is 16.4. The van der Waals surface area contributed by atoms with Gasteiger partial charge in [-0.3, -0.25) is 0 Å². The molecule has 2 aromatic carbocycles. The van der Waals surface area contributed by atoms with Gasteiger partial charge in [-0.2, -0.15) is 0 Å². The van der Waals surface area contributed by atoms with E-state index in [-0.39, 0.29) is 5.56 Å². The molecule has 0 fully saturated rings. The fraction of sp³-hybridized carbons (Fsp3) is 0.105. The van der Waals surface area contributed by atoms with E-state index in [1.54, 1.807) is 30.3 Å². The summed E-state index contributed by atoms with van der Waals surface area (Å²) in [6.45, 7) is 4.12. The molecule has 1 heterocycles. The van der Waals surface area contributed by atoms with Gasteiger partial charge in [0.1, 0.15) is 18.0 Å². The Morgan fingerprint density at radius 1 is 0.960 bits per heavy atom. The van der Waals surface area contributed by atoms with Crippen LogP contribution < -0.4 is 10.6 Å². The number of aromatic carboxylic acids is 1. The average Bonchev–Trinajstić information content (AvgIpc) is 2.60. The van der Waals surface area contributed by atoms with Crippen LogP contribution in [0.4, 0.5) is 23.0 Å². The van der Waals surface area contributed by atoms with Gasteiger partial charge in [0, 0.05) is 17.4 Å². The molecule has 0 saturated heterocycles. The monoisotopic (exact) mass is 334 g/mol. The molecule has 0 radical (unpaired) electrons. The highest BCUT2D eigenvalue weighted by Gasteiger charge is 2.05. The molecule has 0 spiro atoms. The number of nitrogens with zero attached hydrogens (tertiary/aromatic N) is 2. The second-order valence-corrected chi connectivity index (χ2v) is 5.67. The molecule has 0 saturated carbocycles. The fourth-order valence-corrected chi connectivity index (χ4v) is 2.36. The van der Waals surface area contributed by atoms with E-state index < -0.39 is 5.97 Å². The summed E-state index contributed by atoms with van der Waals surface area (Å²) in [7, 11) is 0. The van der Waals surface area contributed by atoms with Crippen molar-refractivity contribution in [3.8, 4) is 0 Å². The Morgan fingerprint density at radius 3 is 2.32 bits per heavy atom. The van der Waals surface area contributed by atoms with E-state index >= 15 is 0 Å². The summed E-state index contributed by atoms with van der Waals surface area (Å²) in [6, 6.07) is 14.3. The molecule has 0 atom stereocenters. The van der Waals surface area contributed by atoms with E-state index in [2.05, 4.69) is 40.5 Å². The van der Waals surface area contributed by atoms with Crippen LogP contribution in [0.1, 0.15) is 21.5 Å². The Bertz CT molecular complexity index is 908. The van der Waals surface area contributed by atoms with Crippen molar-refractivity contribution in [3.05, 3.63) is 71.5 Å². The Hall–Kier alpha value is -3.41. The van der Waals surface area contributed by atoms with E-state index in [4.69, 9.17) is 5.11 Å². The van der Waals surface area contributed by atoms with Gasteiger partial charge in [-0.05, 0) is 55.3 Å². The number of hydrogen-bond donors (Lipinski definition) is 3. The summed E-state index contributed by atoms with van der Waals surface area (Å²) in [5.41, 5.74) is 4.36. The molecule has 126 valence electrons. The lowest BCUT2D eigenvalue weighted by molar-refractivity contribution is 0.0697. The summed E-state index contributed by atoms with van der Waals surface area (Å²) in [5, 5.41) is 15.4. The third-order valence-electron chi connectivity index (χ3n) is 3.94. The summed E-state index contributed by atoms with van der Waals surface area (Å²) >= 11 is 0. The first-order valence-electron chi connectivity index (χ1n) is 7.78. The first kappa shape index (κ1) is 16.4. The predicted molar refractivity (Wildman–Crippen MR) is 97.9 cm³/mol. The van der Waals surface area contributed by atoms with Gasteiger partial charge in [0.25, 0.3) is 0 Å². The molecule has 0 unspecified atom stereocenters. The zero-order valence-corrected chi connectivity index (χ0v) is 13.9. The van der Waals surface area contributed by atoms with Gasteiger partial charge in [0.15, 0.2) is 0 Å². The number of anilines is 4. The lowest BCUT2D eigenvalue weighted by Crippen LogP contribution is -2.00. The highest BCUT2D eigenvalue weighted by Crippen LogP contribution is 2.23. The van der Waals surface area contributed by atoms with Crippen molar-refractivity contribution in [2.75, 3.05) is 10.6 Å². The first-order chi connectivity index (χ1) is 12.0. The van der Waals surface area contributed by atoms with E-state index in [9.17, 15) is 4.79 Å². The molecule has 0 amide bonds. The number of rotatable bonds is 5. The van der Waals surface area contributed by atoms with Crippen LogP contribution in [0.3, 0.4) is 0 Å². The van der Waals surface area contributed by atoms with Crippen molar-refractivity contribution in [3.63, 3.8) is 0 Å². The SMILES string of the molecule is Cc1cccc(Nc2cc(Nc3ccc(C(=O)O)cc3)ncn2)c1C. The molecule has 0 aliphatic carbocycles. The zero-order valence-electron chi connectivity index (χ0n) is 13.9. The van der Waals surface area contributed by atoms with Crippen molar-refractivity contribution in [1.82, 2.24) is 9.97 Å². The number of nitrogens with one attached hydrogen (secondary N) is 2. The molecule has 6 heteroatoms. The van der Waals surface area contributed by atoms with Gasteiger partial charge in [0.2, 0.25) is 0 Å². The molecule has 0 aliphatic heterocycles. The first-order valence-corrected chi connectivity index (χ1v) is 7.78. The largest absolute Gasteiger partial charge is 0.478 e. The van der Waals surface area contributed by atoms with Gasteiger partial charge in [-0.15, -0.1) is 0 Å². The molecule has 0 bridgehead atoms. The molecule has 3 N–H and O–H groups in total. The van der Waals surface area contributed by atoms with Gasteiger partial charge in [-0.1, -0.05) is 12.1 Å². The van der Waals surface area contributed by atoms with Crippen molar-refractivity contribution < 1.29 is 9.90 Å². The molecule has 3 rings (SSSR count). The molecule has 0 aliphatic rings. The Balaban J connectivity index is 1.77. The van der Waals surface area contributed by atoms with Crippen LogP contribution in [0, 0.1) is 13.8 Å². The Kier molecular flexibility index (Phi) is 4.61. The summed E-state index contributed by atoms with van der Waals surface area (Å²) in [4.78, 5) is 19.3. The zero-order chi connectivity index (χ0) is 17.8. The third-order valence-corrected chi connectivity index (χ3v) is 3.94. The van der Waals surface area contributed by atoms with Crippen LogP contribution >= 0.6 is 0 Å². The molecule has 25 heavy (non-hydrogen) atoms. The lowest BCUT2D eigenvalue weighted by Gasteiger charge is -2.12. The second kappa shape index (κ2) is 7.00. The van der Waals surface area contributed by atoms with Crippen molar-refractivity contribution in [1.29, 1.82) is 0 Å². The minimum atomic E-state index is -0.950. The number of carbonyl (C=O) groups is 1. The van der Waals surface area contributed by atoms with Gasteiger partial charge in [-0.25, -0.2) is 14.8 Å². The standard InChI is InChI=1S/C19H18N4O2/c1-12-4-3-5-16(13(12)2)23-18-10-17(20-11-21-18)22-15-8-6-14(7-9-15)19(24)25/h3-11H,1-2H3,(H,24,25)(H2,20,21,22,23). The van der Waals surface area contributed by atoms with Crippen LogP contribution in [0.25, 0.3) is 0 Å². The Morgan fingerprint density at radius 2 is 1.64 bits per heavy atom. The maximum atomic E-state index is 10.9. The molecule has 6 nitrogen and oxygen atoms in total. The summed E-state index contributed by atoms with van der Waals surface area (Å²) < 4.78 is 0. The van der Waals surface area contributed by atoms with E-state index in [1.807, 2.05) is 12.1 Å². The number of hydrogen-bond acceptors (Lipinski definition) is 5. The van der Waals surface area contributed by atoms with Gasteiger partial charge >= 0.3 is 5.97 Å². The average molecular weight is 334 g/mol. The van der Waals surface area contributed by atoms with Crippen molar-refractivity contribution in [2.24, 2.45) is 0 Å². The van der Waals surface area contributed by atoms with Crippen LogP contribution in [-0.4, -0.2) is 21.0 Å². The predicted octanol–water partition coefficient (Wildman–Crippen LogP) is 4.28. The van der Waals surface area contributed by atoms with E-state index in [0.29, 0.717) is 11.6 Å². The minimum Gasteiger partial charge on any atom is -0.478 e. The van der Waals surface area contributed by atoms with E-state index in [1.165, 1.54) is 17.5 Å². The van der Waals surface area contributed by atoms with Gasteiger partial charge < -0.3 is 15.7 Å². The number of carboxylic acids is 1. The minimum absolute atomic E-state index is 0.241. The number of benzene rings is 2. The van der Waals surface area contributed by atoms with Crippen molar-refractivity contribution in [2.45, 2.75) is 13.8 Å². The normalized spacial score (nSPS) is 10.3. The fourth-order valence-electron chi connectivity index (χ4n) is 2.36. The smallest absolute Gasteiger partial charge is 0.335 e. The highest BCUT2D eigenvalue weighted by molar-refractivity contribution is 5.88.